The molecule has 0 bridgehead atoms. The van der Waals surface area contributed by atoms with Crippen molar-refractivity contribution in [1.29, 1.82) is 0 Å². The number of anilines is 1. The third-order valence-electron chi connectivity index (χ3n) is 6.07. The van der Waals surface area contributed by atoms with Gasteiger partial charge in [-0.25, -0.2) is 13.8 Å². The zero-order chi connectivity index (χ0) is 27.2. The van der Waals surface area contributed by atoms with E-state index in [9.17, 15) is 13.2 Å². The number of carbonyl (C=O) groups excluding carboxylic acids is 1. The van der Waals surface area contributed by atoms with Gasteiger partial charge in [0, 0.05) is 11.1 Å². The lowest BCUT2D eigenvalue weighted by Crippen LogP contribution is -2.29. The molecule has 1 N–H and O–H groups in total. The van der Waals surface area contributed by atoms with Crippen LogP contribution in [-0.2, 0) is 16.6 Å². The molecular weight excluding hydrogens is 490 g/mol. The molecule has 3 rings (SSSR count). The molecule has 0 radical (unpaired) electrons. The number of aryl methyl sites for hydroxylation is 2. The van der Waals surface area contributed by atoms with E-state index in [2.05, 4.69) is 10.5 Å². The Morgan fingerprint density at radius 2 is 1.54 bits per heavy atom. The van der Waals surface area contributed by atoms with E-state index >= 15 is 0 Å². The smallest absolute Gasteiger partial charge is 0.271 e. The zero-order valence-electron chi connectivity index (χ0n) is 22.0. The second-order valence-corrected chi connectivity index (χ2v) is 10.6. The zero-order valence-corrected chi connectivity index (χ0v) is 22.8. The molecule has 0 aliphatic rings. The van der Waals surface area contributed by atoms with E-state index in [0.29, 0.717) is 34.9 Å². The van der Waals surface area contributed by atoms with E-state index < -0.39 is 10.0 Å². The topological polar surface area (TPSA) is 97.3 Å². The van der Waals surface area contributed by atoms with Gasteiger partial charge >= 0.3 is 0 Å². The third kappa shape index (κ3) is 6.89. The van der Waals surface area contributed by atoms with Gasteiger partial charge in [0.05, 0.1) is 38.4 Å². The van der Waals surface area contributed by atoms with Crippen molar-refractivity contribution >= 4 is 27.3 Å². The number of hydrazone groups is 1. The van der Waals surface area contributed by atoms with Gasteiger partial charge in [-0.15, -0.1) is 0 Å². The van der Waals surface area contributed by atoms with Gasteiger partial charge in [-0.3, -0.25) is 9.10 Å². The van der Waals surface area contributed by atoms with Gasteiger partial charge in [-0.1, -0.05) is 25.1 Å². The van der Waals surface area contributed by atoms with E-state index in [1.807, 2.05) is 45.0 Å². The molecule has 0 aliphatic carbocycles. The van der Waals surface area contributed by atoms with Gasteiger partial charge in [0.15, 0.2) is 11.5 Å². The fourth-order valence-corrected chi connectivity index (χ4v) is 4.63. The summed E-state index contributed by atoms with van der Waals surface area (Å²) < 4.78 is 37.0. The summed E-state index contributed by atoms with van der Waals surface area (Å²) in [4.78, 5) is 12.7. The second kappa shape index (κ2) is 11.9. The molecule has 3 aromatic rings. The maximum atomic E-state index is 12.7. The number of ether oxygens (including phenoxy) is 2. The number of hydrogen-bond acceptors (Lipinski definition) is 6. The van der Waals surface area contributed by atoms with Crippen LogP contribution in [0.1, 0.15) is 46.0 Å². The lowest BCUT2D eigenvalue weighted by atomic mass is 10.1. The van der Waals surface area contributed by atoms with Gasteiger partial charge in [0.1, 0.15) is 0 Å². The molecule has 8 nitrogen and oxygen atoms in total. The predicted octanol–water partition coefficient (Wildman–Crippen LogP) is 4.83. The highest BCUT2D eigenvalue weighted by molar-refractivity contribution is 7.92. The maximum Gasteiger partial charge on any atom is 0.271 e. The van der Waals surface area contributed by atoms with Crippen LogP contribution in [-0.4, -0.2) is 40.5 Å². The second-order valence-electron chi connectivity index (χ2n) is 8.66. The summed E-state index contributed by atoms with van der Waals surface area (Å²) in [6.45, 7) is 6.03. The van der Waals surface area contributed by atoms with E-state index in [1.54, 1.807) is 50.6 Å². The SMILES string of the molecule is CC/C(=N/NC(=O)c1ccc(CN(c2ccc(C)c(C)c2)S(C)(=O)=O)cc1)c1ccc(OC)c(OC)c1. The molecule has 0 fully saturated rings. The van der Waals surface area contributed by atoms with Gasteiger partial charge in [0.25, 0.3) is 5.91 Å². The number of methoxy groups -OCH3 is 2. The van der Waals surface area contributed by atoms with Crippen LogP contribution in [0.25, 0.3) is 0 Å². The van der Waals surface area contributed by atoms with E-state index in [-0.39, 0.29) is 12.5 Å². The predicted molar refractivity (Wildman–Crippen MR) is 147 cm³/mol. The summed E-state index contributed by atoms with van der Waals surface area (Å²) in [7, 11) is -0.378. The fourth-order valence-electron chi connectivity index (χ4n) is 3.75. The summed E-state index contributed by atoms with van der Waals surface area (Å²) in [6.07, 6.45) is 1.78. The molecule has 3 aromatic carbocycles. The highest BCUT2D eigenvalue weighted by Crippen LogP contribution is 2.28. The van der Waals surface area contributed by atoms with Crippen molar-refractivity contribution in [2.75, 3.05) is 24.8 Å². The lowest BCUT2D eigenvalue weighted by molar-refractivity contribution is 0.0954. The van der Waals surface area contributed by atoms with Crippen LogP contribution in [0.2, 0.25) is 0 Å². The highest BCUT2D eigenvalue weighted by atomic mass is 32.2. The molecule has 0 spiro atoms. The number of sulfonamides is 1. The Balaban J connectivity index is 1.75. The number of amides is 1. The highest BCUT2D eigenvalue weighted by Gasteiger charge is 2.19. The van der Waals surface area contributed by atoms with E-state index in [1.165, 1.54) is 10.6 Å². The van der Waals surface area contributed by atoms with Crippen molar-refractivity contribution < 1.29 is 22.7 Å². The minimum atomic E-state index is -3.51. The van der Waals surface area contributed by atoms with Crippen LogP contribution in [0, 0.1) is 13.8 Å². The molecule has 0 atom stereocenters. The van der Waals surface area contributed by atoms with Gasteiger partial charge < -0.3 is 9.47 Å². The van der Waals surface area contributed by atoms with Gasteiger partial charge in [0.2, 0.25) is 10.0 Å². The summed E-state index contributed by atoms with van der Waals surface area (Å²) in [5.74, 6) is 0.817. The Morgan fingerprint density at radius 1 is 0.892 bits per heavy atom. The Hall–Kier alpha value is -3.85. The molecule has 0 unspecified atom stereocenters. The minimum Gasteiger partial charge on any atom is -0.493 e. The summed E-state index contributed by atoms with van der Waals surface area (Å²) in [5, 5.41) is 4.31. The van der Waals surface area contributed by atoms with Crippen LogP contribution in [0.4, 0.5) is 5.69 Å². The standard InChI is InChI=1S/C28H33N3O5S/c1-7-25(23-13-15-26(35-4)27(17-23)36-5)29-30-28(32)22-11-9-21(10-12-22)18-31(37(6,33)34)24-14-8-19(2)20(3)16-24/h8-17H,7,18H2,1-6H3,(H,30,32)/b29-25-. The van der Waals surface area contributed by atoms with Crippen LogP contribution in [0.5, 0.6) is 11.5 Å². The van der Waals surface area contributed by atoms with Crippen molar-refractivity contribution in [3.8, 4) is 11.5 Å². The summed E-state index contributed by atoms with van der Waals surface area (Å²) in [5.41, 5.74) is 7.97. The van der Waals surface area contributed by atoms with E-state index in [4.69, 9.17) is 9.47 Å². The Bertz CT molecular complexity index is 1400. The molecule has 0 aromatic heterocycles. The van der Waals surface area contributed by atoms with Gasteiger partial charge in [-0.05, 0) is 79.4 Å². The normalized spacial score (nSPS) is 11.7. The molecule has 0 aliphatic heterocycles. The van der Waals surface area contributed by atoms with Crippen molar-refractivity contribution in [3.05, 3.63) is 88.5 Å². The molecular formula is C28H33N3O5S. The van der Waals surface area contributed by atoms with E-state index in [0.717, 1.165) is 22.3 Å². The van der Waals surface area contributed by atoms with Crippen LogP contribution in [0.3, 0.4) is 0 Å². The first-order chi connectivity index (χ1) is 17.6. The maximum absolute atomic E-state index is 12.7. The van der Waals surface area contributed by atoms with Crippen molar-refractivity contribution in [3.63, 3.8) is 0 Å². The third-order valence-corrected chi connectivity index (χ3v) is 7.21. The largest absolute Gasteiger partial charge is 0.493 e. The molecule has 37 heavy (non-hydrogen) atoms. The Morgan fingerprint density at radius 3 is 2.11 bits per heavy atom. The molecule has 0 saturated carbocycles. The molecule has 196 valence electrons. The Labute approximate surface area is 219 Å². The van der Waals surface area contributed by atoms with Gasteiger partial charge in [-0.2, -0.15) is 5.10 Å². The minimum absolute atomic E-state index is 0.153. The van der Waals surface area contributed by atoms with Crippen molar-refractivity contribution in [1.82, 2.24) is 5.43 Å². The Kier molecular flexibility index (Phi) is 8.94. The first kappa shape index (κ1) is 27.7. The quantitative estimate of drug-likeness (QED) is 0.303. The van der Waals surface area contributed by atoms with Crippen LogP contribution < -0.4 is 19.2 Å². The summed E-state index contributed by atoms with van der Waals surface area (Å²) in [6, 6.07) is 17.8. The first-order valence-electron chi connectivity index (χ1n) is 11.8. The number of nitrogens with zero attached hydrogens (tertiary/aromatic N) is 2. The fraction of sp³-hybridized carbons (Fsp3) is 0.286. The lowest BCUT2D eigenvalue weighted by Gasteiger charge is -2.23. The number of rotatable bonds is 10. The van der Waals surface area contributed by atoms with Crippen molar-refractivity contribution in [2.24, 2.45) is 5.10 Å². The average Bonchev–Trinajstić information content (AvgIpc) is 2.88. The molecule has 0 heterocycles. The van der Waals surface area contributed by atoms with Crippen LogP contribution >= 0.6 is 0 Å². The monoisotopic (exact) mass is 523 g/mol. The molecule has 9 heteroatoms. The average molecular weight is 524 g/mol. The summed E-state index contributed by atoms with van der Waals surface area (Å²) >= 11 is 0. The number of hydrogen-bond donors (Lipinski definition) is 1. The molecule has 1 amide bonds. The molecule has 0 saturated heterocycles. The van der Waals surface area contributed by atoms with Crippen molar-refractivity contribution in [2.45, 2.75) is 33.7 Å². The van der Waals surface area contributed by atoms with Crippen LogP contribution in [0.15, 0.2) is 65.8 Å². The number of carbonyl (C=O) groups is 1. The number of benzene rings is 3. The number of nitrogens with one attached hydrogen (secondary N) is 1. The first-order valence-corrected chi connectivity index (χ1v) is 13.7.